The number of carbonyl (C=O) groups is 2. The van der Waals surface area contributed by atoms with Gasteiger partial charge in [-0.1, -0.05) is 17.7 Å². The summed E-state index contributed by atoms with van der Waals surface area (Å²) < 4.78 is 5.42. The van der Waals surface area contributed by atoms with Gasteiger partial charge in [0, 0.05) is 17.3 Å². The molecule has 1 saturated heterocycles. The summed E-state index contributed by atoms with van der Waals surface area (Å²) in [4.78, 5) is 27.1. The molecule has 0 atom stereocenters. The Balaban J connectivity index is 1.43. The summed E-state index contributed by atoms with van der Waals surface area (Å²) >= 11 is 0. The molecule has 0 bridgehead atoms. The first-order valence-corrected chi connectivity index (χ1v) is 10.6. The Morgan fingerprint density at radius 3 is 2.37 bits per heavy atom. The van der Waals surface area contributed by atoms with E-state index in [1.165, 1.54) is 5.56 Å². The van der Waals surface area contributed by atoms with Crippen molar-refractivity contribution in [3.05, 3.63) is 53.6 Å². The second-order valence-corrected chi connectivity index (χ2v) is 7.86. The highest BCUT2D eigenvalue weighted by Gasteiger charge is 2.26. The van der Waals surface area contributed by atoms with Crippen molar-refractivity contribution in [1.82, 2.24) is 4.90 Å². The van der Waals surface area contributed by atoms with Crippen LogP contribution in [0.15, 0.2) is 42.5 Å². The molecule has 3 rings (SSSR count). The van der Waals surface area contributed by atoms with Crippen LogP contribution in [0.4, 0.5) is 11.4 Å². The summed E-state index contributed by atoms with van der Waals surface area (Å²) in [5, 5.41) is 5.98. The standard InChI is InChI=1S/C24H31N3O3/c1-4-30-21-8-6-20(7-9-21)25-24(29)19-11-13-27(14-12-19)16-23(28)26-22-10-5-17(2)15-18(22)3/h5-10,15,19H,4,11-14,16H2,1-3H3,(H,25,29)(H,26,28). The largest absolute Gasteiger partial charge is 0.494 e. The van der Waals surface area contributed by atoms with Gasteiger partial charge in [0.1, 0.15) is 5.75 Å². The molecule has 30 heavy (non-hydrogen) atoms. The molecular weight excluding hydrogens is 378 g/mol. The molecule has 0 aliphatic carbocycles. The monoisotopic (exact) mass is 409 g/mol. The fraction of sp³-hybridized carbons (Fsp3) is 0.417. The molecule has 6 heteroatoms. The van der Waals surface area contributed by atoms with Crippen LogP contribution in [0.1, 0.15) is 30.9 Å². The number of benzene rings is 2. The van der Waals surface area contributed by atoms with Gasteiger partial charge in [0.15, 0.2) is 0 Å². The van der Waals surface area contributed by atoms with Gasteiger partial charge in [-0.25, -0.2) is 0 Å². The van der Waals surface area contributed by atoms with Gasteiger partial charge in [-0.2, -0.15) is 0 Å². The van der Waals surface area contributed by atoms with E-state index in [9.17, 15) is 9.59 Å². The molecule has 1 aliphatic heterocycles. The van der Waals surface area contributed by atoms with Crippen LogP contribution >= 0.6 is 0 Å². The molecule has 0 unspecified atom stereocenters. The summed E-state index contributed by atoms with van der Waals surface area (Å²) in [5.41, 5.74) is 3.87. The number of anilines is 2. The average Bonchev–Trinajstić information content (AvgIpc) is 2.72. The minimum absolute atomic E-state index is 0.0146. The number of carbonyl (C=O) groups excluding carboxylic acids is 2. The number of amides is 2. The van der Waals surface area contributed by atoms with Gasteiger partial charge >= 0.3 is 0 Å². The average molecular weight is 410 g/mol. The van der Waals surface area contributed by atoms with Gasteiger partial charge < -0.3 is 15.4 Å². The summed E-state index contributed by atoms with van der Waals surface area (Å²) in [5.74, 6) is 0.788. The zero-order valence-electron chi connectivity index (χ0n) is 18.0. The Morgan fingerprint density at radius 2 is 1.73 bits per heavy atom. The Hall–Kier alpha value is -2.86. The first-order valence-electron chi connectivity index (χ1n) is 10.6. The number of rotatable bonds is 7. The number of ether oxygens (including phenoxy) is 1. The van der Waals surface area contributed by atoms with E-state index in [-0.39, 0.29) is 17.7 Å². The highest BCUT2D eigenvalue weighted by Crippen LogP contribution is 2.21. The number of likely N-dealkylation sites (tertiary alicyclic amines) is 1. The highest BCUT2D eigenvalue weighted by atomic mass is 16.5. The van der Waals surface area contributed by atoms with E-state index >= 15 is 0 Å². The maximum Gasteiger partial charge on any atom is 0.238 e. The van der Waals surface area contributed by atoms with E-state index < -0.39 is 0 Å². The lowest BCUT2D eigenvalue weighted by Crippen LogP contribution is -2.41. The van der Waals surface area contributed by atoms with Crippen molar-refractivity contribution in [3.8, 4) is 5.75 Å². The van der Waals surface area contributed by atoms with Gasteiger partial charge in [0.25, 0.3) is 0 Å². The first-order chi connectivity index (χ1) is 14.4. The number of hydrogen-bond acceptors (Lipinski definition) is 4. The van der Waals surface area contributed by atoms with Crippen LogP contribution in [0, 0.1) is 19.8 Å². The van der Waals surface area contributed by atoms with Crippen LogP contribution in [0.5, 0.6) is 5.75 Å². The Bertz CT molecular complexity index is 872. The van der Waals surface area contributed by atoms with Crippen molar-refractivity contribution >= 4 is 23.2 Å². The van der Waals surface area contributed by atoms with Gasteiger partial charge in [-0.05, 0) is 82.6 Å². The van der Waals surface area contributed by atoms with Crippen molar-refractivity contribution in [1.29, 1.82) is 0 Å². The number of piperidine rings is 1. The molecule has 2 aromatic rings. The number of nitrogens with one attached hydrogen (secondary N) is 2. The molecule has 0 saturated carbocycles. The Morgan fingerprint density at radius 1 is 1.03 bits per heavy atom. The lowest BCUT2D eigenvalue weighted by Gasteiger charge is -2.30. The van der Waals surface area contributed by atoms with Crippen LogP contribution in [0.25, 0.3) is 0 Å². The van der Waals surface area contributed by atoms with Crippen LogP contribution in [-0.4, -0.2) is 43.0 Å². The van der Waals surface area contributed by atoms with Gasteiger partial charge in [0.2, 0.25) is 11.8 Å². The van der Waals surface area contributed by atoms with Crippen LogP contribution < -0.4 is 15.4 Å². The summed E-state index contributed by atoms with van der Waals surface area (Å²) in [6, 6.07) is 13.4. The lowest BCUT2D eigenvalue weighted by atomic mass is 9.95. The first kappa shape index (κ1) is 21.8. The third-order valence-corrected chi connectivity index (χ3v) is 5.41. The Kier molecular flexibility index (Phi) is 7.46. The quantitative estimate of drug-likeness (QED) is 0.725. The van der Waals surface area contributed by atoms with Crippen molar-refractivity contribution in [2.24, 2.45) is 5.92 Å². The van der Waals surface area contributed by atoms with Crippen molar-refractivity contribution in [3.63, 3.8) is 0 Å². The van der Waals surface area contributed by atoms with Gasteiger partial charge in [-0.3, -0.25) is 14.5 Å². The molecule has 2 N–H and O–H groups in total. The van der Waals surface area contributed by atoms with Crippen LogP contribution in [-0.2, 0) is 9.59 Å². The van der Waals surface area contributed by atoms with E-state index in [4.69, 9.17) is 4.74 Å². The third kappa shape index (κ3) is 6.07. The molecule has 1 aliphatic rings. The van der Waals surface area contributed by atoms with Crippen molar-refractivity contribution < 1.29 is 14.3 Å². The summed E-state index contributed by atoms with van der Waals surface area (Å²) in [7, 11) is 0. The molecule has 0 aromatic heterocycles. The van der Waals surface area contributed by atoms with Gasteiger partial charge in [0.05, 0.1) is 13.2 Å². The molecule has 1 fully saturated rings. The third-order valence-electron chi connectivity index (χ3n) is 5.41. The topological polar surface area (TPSA) is 70.7 Å². The van der Waals surface area contributed by atoms with Crippen LogP contribution in [0.3, 0.4) is 0 Å². The Labute approximate surface area is 178 Å². The molecule has 2 amide bonds. The van der Waals surface area contributed by atoms with E-state index in [1.54, 1.807) is 0 Å². The molecule has 1 heterocycles. The van der Waals surface area contributed by atoms with Crippen molar-refractivity contribution in [2.75, 3.05) is 36.9 Å². The number of aryl methyl sites for hydroxylation is 2. The zero-order chi connectivity index (χ0) is 21.5. The predicted molar refractivity (Wildman–Crippen MR) is 120 cm³/mol. The van der Waals surface area contributed by atoms with Gasteiger partial charge in [-0.15, -0.1) is 0 Å². The minimum Gasteiger partial charge on any atom is -0.494 e. The smallest absolute Gasteiger partial charge is 0.238 e. The second kappa shape index (κ2) is 10.3. The van der Waals surface area contributed by atoms with E-state index in [2.05, 4.69) is 21.6 Å². The second-order valence-electron chi connectivity index (χ2n) is 7.86. The van der Waals surface area contributed by atoms with Crippen LogP contribution in [0.2, 0.25) is 0 Å². The van der Waals surface area contributed by atoms with Crippen molar-refractivity contribution in [2.45, 2.75) is 33.6 Å². The summed E-state index contributed by atoms with van der Waals surface area (Å²) in [6.45, 7) is 8.41. The molecule has 0 radical (unpaired) electrons. The SMILES string of the molecule is CCOc1ccc(NC(=O)C2CCN(CC(=O)Nc3ccc(C)cc3C)CC2)cc1. The maximum atomic E-state index is 12.6. The molecule has 6 nitrogen and oxygen atoms in total. The highest BCUT2D eigenvalue weighted by molar-refractivity contribution is 5.93. The number of nitrogens with zero attached hydrogens (tertiary/aromatic N) is 1. The van der Waals surface area contributed by atoms with E-state index in [0.29, 0.717) is 13.2 Å². The van der Waals surface area contributed by atoms with E-state index in [0.717, 1.165) is 48.6 Å². The predicted octanol–water partition coefficient (Wildman–Crippen LogP) is 3.99. The minimum atomic E-state index is -0.0322. The number of hydrogen-bond donors (Lipinski definition) is 2. The molecule has 0 spiro atoms. The van der Waals surface area contributed by atoms with E-state index in [1.807, 2.05) is 57.2 Å². The normalized spacial score (nSPS) is 14.9. The lowest BCUT2D eigenvalue weighted by molar-refractivity contribution is -0.121. The molecule has 160 valence electrons. The fourth-order valence-corrected chi connectivity index (χ4v) is 3.75. The maximum absolute atomic E-state index is 12.6. The fourth-order valence-electron chi connectivity index (χ4n) is 3.75. The summed E-state index contributed by atoms with van der Waals surface area (Å²) in [6.07, 6.45) is 1.50. The molecule has 2 aromatic carbocycles. The zero-order valence-corrected chi connectivity index (χ0v) is 18.0. The molecular formula is C24H31N3O3.